The van der Waals surface area contributed by atoms with Crippen LogP contribution in [0.1, 0.15) is 36.2 Å². The van der Waals surface area contributed by atoms with Gasteiger partial charge in [-0.1, -0.05) is 28.8 Å². The summed E-state index contributed by atoms with van der Waals surface area (Å²) >= 11 is 3.53. The summed E-state index contributed by atoms with van der Waals surface area (Å²) in [5.74, 6) is 0.641. The summed E-state index contributed by atoms with van der Waals surface area (Å²) in [6.07, 6.45) is 4.78. The summed E-state index contributed by atoms with van der Waals surface area (Å²) in [4.78, 5) is 24.5. The molecule has 1 fully saturated rings. The number of nitrogens with zero attached hydrogens (tertiary/aromatic N) is 1. The van der Waals surface area contributed by atoms with Crippen LogP contribution in [0.2, 0.25) is 0 Å². The fourth-order valence-electron chi connectivity index (χ4n) is 2.70. The highest BCUT2D eigenvalue weighted by Crippen LogP contribution is 2.30. The first-order chi connectivity index (χ1) is 9.61. The number of carbonyl (C=O) groups excluding carboxylic acids is 1. The number of rotatable bonds is 5. The maximum atomic E-state index is 11.9. The van der Waals surface area contributed by atoms with Gasteiger partial charge in [0.2, 0.25) is 0 Å². The van der Waals surface area contributed by atoms with Crippen molar-refractivity contribution < 1.29 is 9.72 Å². The molecule has 6 nitrogen and oxygen atoms in total. The number of H-pyrrole nitrogens is 1. The lowest BCUT2D eigenvalue weighted by molar-refractivity contribution is -0.389. The summed E-state index contributed by atoms with van der Waals surface area (Å²) in [6, 6.07) is 2.74. The van der Waals surface area contributed by atoms with Gasteiger partial charge in [0.15, 0.2) is 5.69 Å². The summed E-state index contributed by atoms with van der Waals surface area (Å²) in [5.41, 5.74) is 0.239. The zero-order valence-electron chi connectivity index (χ0n) is 11.1. The van der Waals surface area contributed by atoms with E-state index in [1.807, 2.05) is 0 Å². The van der Waals surface area contributed by atoms with E-state index in [2.05, 4.69) is 26.2 Å². The Hall–Kier alpha value is -1.37. The average Bonchev–Trinajstić information content (AvgIpc) is 2.95. The average molecular weight is 344 g/mol. The Kier molecular flexibility index (Phi) is 5.17. The SMILES string of the molecule is O=C(NCC1CCCCC1CBr)c1ccc([N+](=O)[O-])[nH]1. The molecule has 0 radical (unpaired) electrons. The first kappa shape index (κ1) is 15.0. The van der Waals surface area contributed by atoms with E-state index in [1.165, 1.54) is 31.4 Å². The molecule has 0 bridgehead atoms. The molecule has 2 N–H and O–H groups in total. The van der Waals surface area contributed by atoms with E-state index in [4.69, 9.17) is 0 Å². The fourth-order valence-corrected chi connectivity index (χ4v) is 3.55. The Bertz CT molecular complexity index is 489. The Morgan fingerprint density at radius 3 is 2.70 bits per heavy atom. The Morgan fingerprint density at radius 1 is 1.40 bits per heavy atom. The number of alkyl halides is 1. The predicted molar refractivity (Wildman–Crippen MR) is 79.0 cm³/mol. The summed E-state index contributed by atoms with van der Waals surface area (Å²) < 4.78 is 0. The van der Waals surface area contributed by atoms with Crippen molar-refractivity contribution >= 4 is 27.7 Å². The van der Waals surface area contributed by atoms with Crippen LogP contribution in [0.3, 0.4) is 0 Å². The lowest BCUT2D eigenvalue weighted by Crippen LogP contribution is -2.35. The molecule has 2 atom stereocenters. The normalized spacial score (nSPS) is 22.4. The number of hydrogen-bond donors (Lipinski definition) is 2. The molecule has 0 spiro atoms. The van der Waals surface area contributed by atoms with E-state index >= 15 is 0 Å². The van der Waals surface area contributed by atoms with Crippen molar-refractivity contribution in [2.45, 2.75) is 25.7 Å². The number of amides is 1. The van der Waals surface area contributed by atoms with Gasteiger partial charge in [-0.25, -0.2) is 4.98 Å². The lowest BCUT2D eigenvalue weighted by atomic mass is 9.80. The van der Waals surface area contributed by atoms with Crippen LogP contribution in [0.4, 0.5) is 5.82 Å². The smallest absolute Gasteiger partial charge is 0.321 e. The van der Waals surface area contributed by atoms with Gasteiger partial charge in [-0.05, 0) is 35.7 Å². The van der Waals surface area contributed by atoms with Gasteiger partial charge in [0.05, 0.1) is 0 Å². The Balaban J connectivity index is 1.89. The van der Waals surface area contributed by atoms with Gasteiger partial charge in [-0.15, -0.1) is 0 Å². The third kappa shape index (κ3) is 3.59. The molecule has 1 aromatic rings. The van der Waals surface area contributed by atoms with Crippen LogP contribution < -0.4 is 5.32 Å². The fraction of sp³-hybridized carbons (Fsp3) is 0.615. The topological polar surface area (TPSA) is 88.0 Å². The summed E-state index contributed by atoms with van der Waals surface area (Å²) in [6.45, 7) is 0.627. The van der Waals surface area contributed by atoms with E-state index in [0.29, 0.717) is 18.4 Å². The molecule has 2 unspecified atom stereocenters. The Morgan fingerprint density at radius 2 is 2.10 bits per heavy atom. The zero-order chi connectivity index (χ0) is 14.5. The Labute approximate surface area is 125 Å². The minimum atomic E-state index is -0.543. The number of halogens is 1. The molecule has 2 rings (SSSR count). The molecule has 20 heavy (non-hydrogen) atoms. The van der Waals surface area contributed by atoms with Crippen LogP contribution in [0.5, 0.6) is 0 Å². The third-order valence-corrected chi connectivity index (χ3v) is 4.73. The van der Waals surface area contributed by atoms with Gasteiger partial charge < -0.3 is 15.4 Å². The highest BCUT2D eigenvalue weighted by Gasteiger charge is 2.25. The van der Waals surface area contributed by atoms with Crippen LogP contribution in [-0.2, 0) is 0 Å². The lowest BCUT2D eigenvalue weighted by Gasteiger charge is -2.30. The third-order valence-electron chi connectivity index (χ3n) is 3.90. The number of nitro groups is 1. The van der Waals surface area contributed by atoms with Crippen molar-refractivity contribution in [2.24, 2.45) is 11.8 Å². The minimum absolute atomic E-state index is 0.161. The first-order valence-electron chi connectivity index (χ1n) is 6.79. The molecule has 1 aliphatic carbocycles. The quantitative estimate of drug-likeness (QED) is 0.489. The maximum Gasteiger partial charge on any atom is 0.321 e. The summed E-state index contributed by atoms with van der Waals surface area (Å²) in [7, 11) is 0. The molecule has 1 heterocycles. The number of nitrogens with one attached hydrogen (secondary N) is 2. The largest absolute Gasteiger partial charge is 0.358 e. The maximum absolute atomic E-state index is 11.9. The molecule has 0 saturated heterocycles. The van der Waals surface area contributed by atoms with Crippen molar-refractivity contribution in [3.63, 3.8) is 0 Å². The van der Waals surface area contributed by atoms with Crippen molar-refractivity contribution in [3.05, 3.63) is 27.9 Å². The molecule has 1 aliphatic rings. The van der Waals surface area contributed by atoms with Crippen LogP contribution >= 0.6 is 15.9 Å². The van der Waals surface area contributed by atoms with E-state index in [0.717, 1.165) is 11.8 Å². The second-order valence-corrected chi connectivity index (χ2v) is 5.83. The highest BCUT2D eigenvalue weighted by molar-refractivity contribution is 9.09. The van der Waals surface area contributed by atoms with Gasteiger partial charge in [0, 0.05) is 17.9 Å². The molecular weight excluding hydrogens is 326 g/mol. The zero-order valence-corrected chi connectivity index (χ0v) is 12.7. The standard InChI is InChI=1S/C13H18BrN3O3/c14-7-9-3-1-2-4-10(9)8-15-13(18)11-5-6-12(16-11)17(19)20/h5-6,9-10,16H,1-4,7-8H2,(H,15,18). The molecule has 1 amide bonds. The number of aromatic nitrogens is 1. The first-order valence-corrected chi connectivity index (χ1v) is 7.91. The van der Waals surface area contributed by atoms with Gasteiger partial charge in [0.25, 0.3) is 5.91 Å². The van der Waals surface area contributed by atoms with Crippen molar-refractivity contribution in [1.29, 1.82) is 0 Å². The monoisotopic (exact) mass is 343 g/mol. The molecule has 7 heteroatoms. The van der Waals surface area contributed by atoms with Crippen molar-refractivity contribution in [2.75, 3.05) is 11.9 Å². The van der Waals surface area contributed by atoms with Gasteiger partial charge in [-0.3, -0.25) is 4.79 Å². The van der Waals surface area contributed by atoms with E-state index in [-0.39, 0.29) is 17.4 Å². The van der Waals surface area contributed by atoms with Crippen LogP contribution in [0.15, 0.2) is 12.1 Å². The van der Waals surface area contributed by atoms with Crippen LogP contribution in [0.25, 0.3) is 0 Å². The molecule has 0 aliphatic heterocycles. The molecular formula is C13H18BrN3O3. The van der Waals surface area contributed by atoms with Crippen molar-refractivity contribution in [1.82, 2.24) is 10.3 Å². The van der Waals surface area contributed by atoms with E-state index < -0.39 is 4.92 Å². The molecule has 1 saturated carbocycles. The van der Waals surface area contributed by atoms with Gasteiger partial charge in [-0.2, -0.15) is 0 Å². The van der Waals surface area contributed by atoms with Gasteiger partial charge in [0.1, 0.15) is 0 Å². The number of aromatic amines is 1. The number of hydrogen-bond acceptors (Lipinski definition) is 3. The van der Waals surface area contributed by atoms with Crippen molar-refractivity contribution in [3.8, 4) is 0 Å². The predicted octanol–water partition coefficient (Wildman–Crippen LogP) is 2.85. The molecule has 110 valence electrons. The van der Waals surface area contributed by atoms with Crippen LogP contribution in [-0.4, -0.2) is 27.7 Å². The van der Waals surface area contributed by atoms with Crippen LogP contribution in [0, 0.1) is 22.0 Å². The van der Waals surface area contributed by atoms with Gasteiger partial charge >= 0.3 is 5.82 Å². The molecule has 1 aromatic heterocycles. The second-order valence-electron chi connectivity index (χ2n) is 5.18. The number of carbonyl (C=O) groups is 1. The highest BCUT2D eigenvalue weighted by atomic mass is 79.9. The van der Waals surface area contributed by atoms with E-state index in [9.17, 15) is 14.9 Å². The second kappa shape index (κ2) is 6.88. The molecule has 0 aromatic carbocycles. The minimum Gasteiger partial charge on any atom is -0.358 e. The van der Waals surface area contributed by atoms with E-state index in [1.54, 1.807) is 0 Å². The summed E-state index contributed by atoms with van der Waals surface area (Å²) in [5, 5.41) is 14.4.